The number of rotatable bonds is 4. The van der Waals surface area contributed by atoms with Gasteiger partial charge in [0.1, 0.15) is 17.3 Å². The van der Waals surface area contributed by atoms with Crippen molar-refractivity contribution in [2.75, 3.05) is 27.4 Å². The normalized spacial score (nSPS) is 57.6. The van der Waals surface area contributed by atoms with Gasteiger partial charge in [-0.3, -0.25) is 9.59 Å². The molecule has 1 spiro atoms. The molecular weight excluding hydrogens is 592 g/mol. The fourth-order valence-electron chi connectivity index (χ4n) is 12.3. The van der Waals surface area contributed by atoms with Crippen LogP contribution in [-0.2, 0) is 57.0 Å². The van der Waals surface area contributed by atoms with Crippen molar-refractivity contribution >= 4 is 17.9 Å². The monoisotopic (exact) mass is 634 g/mol. The van der Waals surface area contributed by atoms with Gasteiger partial charge in [-0.15, -0.1) is 0 Å². The standard InChI is InChI=1S/C32H42O13/c1-15(33)42-18-8-9-29-14-41-31(38-7,24(35)37-6)23(29)27(4)22(20-21(29)26(18,3)13-40-20)45-28(5)17-12-19(32(27,28)36)43-25-30(17,10-11-39-25)44-16(2)34/h10-11,17-23,25,36H,8-9,12-14H2,1-7H3/t17-,18+,19-,20+,21+,22+,23-,25-,26+,27+,28+,29-,30-,31-,32-/m0/s1. The van der Waals surface area contributed by atoms with E-state index in [-0.39, 0.29) is 25.1 Å². The Hall–Kier alpha value is -2.29. The van der Waals surface area contributed by atoms with Crippen molar-refractivity contribution < 1.29 is 62.1 Å². The molecule has 0 radical (unpaired) electrons. The van der Waals surface area contributed by atoms with E-state index in [4.69, 9.17) is 42.6 Å². The van der Waals surface area contributed by atoms with E-state index < -0.39 is 93.3 Å². The van der Waals surface area contributed by atoms with Crippen molar-refractivity contribution in [2.45, 2.75) is 107 Å². The summed E-state index contributed by atoms with van der Waals surface area (Å²) in [6, 6.07) is 0. The third-order valence-electron chi connectivity index (χ3n) is 13.5. The zero-order valence-corrected chi connectivity index (χ0v) is 26.7. The first-order valence-corrected chi connectivity index (χ1v) is 15.8. The SMILES string of the molecule is COC(=O)[C@@]1(OC)OC[C@@]23CC[C@@H](OC(C)=O)[C@@]4(C)CO[C@H]([C@H]42)[C@H]2O[C@]4(C)[C@@H]5C[C@H](O[C@@H]6OC=C[C@@]65OC(C)=O)[C@]4(O)[C@@]2(C)[C@H]13. The number of carbonyl (C=O) groups is 3. The number of methoxy groups -OCH3 is 2. The maximum absolute atomic E-state index is 13.9. The minimum absolute atomic E-state index is 0.128. The van der Waals surface area contributed by atoms with Gasteiger partial charge in [-0.1, -0.05) is 13.8 Å². The number of carbonyl (C=O) groups excluding carboxylic acids is 3. The number of hydrogen-bond acceptors (Lipinski definition) is 13. The summed E-state index contributed by atoms with van der Waals surface area (Å²) in [7, 11) is 2.70. The van der Waals surface area contributed by atoms with Crippen molar-refractivity contribution in [3.63, 3.8) is 0 Å². The van der Waals surface area contributed by atoms with Crippen molar-refractivity contribution in [3.05, 3.63) is 12.3 Å². The van der Waals surface area contributed by atoms with Crippen LogP contribution in [0.4, 0.5) is 0 Å². The van der Waals surface area contributed by atoms with E-state index in [0.29, 0.717) is 19.3 Å². The van der Waals surface area contributed by atoms with E-state index in [0.717, 1.165) is 0 Å². The smallest absolute Gasteiger partial charge is 0.366 e. The van der Waals surface area contributed by atoms with E-state index in [1.165, 1.54) is 34.3 Å². The predicted molar refractivity (Wildman–Crippen MR) is 148 cm³/mol. The maximum Gasteiger partial charge on any atom is 0.366 e. The van der Waals surface area contributed by atoms with E-state index in [2.05, 4.69) is 6.92 Å². The van der Waals surface area contributed by atoms with E-state index >= 15 is 0 Å². The second-order valence-corrected chi connectivity index (χ2v) is 15.0. The number of aliphatic hydroxyl groups is 1. The lowest BCUT2D eigenvalue weighted by molar-refractivity contribution is -0.310. The fraction of sp³-hybridized carbons (Fsp3) is 0.844. The Balaban J connectivity index is 1.36. The molecule has 3 aliphatic carbocycles. The van der Waals surface area contributed by atoms with Crippen LogP contribution in [0.5, 0.6) is 0 Å². The second-order valence-electron chi connectivity index (χ2n) is 15.0. The lowest BCUT2D eigenvalue weighted by Gasteiger charge is -2.64. The Kier molecular flexibility index (Phi) is 5.87. The molecule has 7 fully saturated rings. The predicted octanol–water partition coefficient (Wildman–Crippen LogP) is 1.38. The fourth-order valence-corrected chi connectivity index (χ4v) is 12.3. The molecule has 2 bridgehead atoms. The van der Waals surface area contributed by atoms with Crippen LogP contribution < -0.4 is 0 Å². The average molecular weight is 635 g/mol. The van der Waals surface area contributed by atoms with E-state index in [1.54, 1.807) is 6.08 Å². The zero-order chi connectivity index (χ0) is 32.2. The minimum atomic E-state index is -1.90. The molecule has 8 aliphatic rings. The largest absolute Gasteiger partial charge is 0.468 e. The molecule has 13 nitrogen and oxygen atoms in total. The number of fused-ring (bicyclic) bond motifs is 11. The molecule has 0 aromatic heterocycles. The van der Waals surface area contributed by atoms with Crippen molar-refractivity contribution in [1.82, 2.24) is 0 Å². The molecule has 0 amide bonds. The molecule has 0 aromatic rings. The highest BCUT2D eigenvalue weighted by atomic mass is 16.7. The number of hydrogen-bond donors (Lipinski definition) is 1. The van der Waals surface area contributed by atoms with Crippen LogP contribution in [0.1, 0.15) is 53.9 Å². The summed E-state index contributed by atoms with van der Waals surface area (Å²) >= 11 is 0. The molecule has 8 rings (SSSR count). The Morgan fingerprint density at radius 3 is 2.47 bits per heavy atom. The van der Waals surface area contributed by atoms with Gasteiger partial charge in [0.05, 0.1) is 44.9 Å². The molecule has 0 aromatic carbocycles. The highest BCUT2D eigenvalue weighted by Gasteiger charge is 2.93. The Morgan fingerprint density at radius 1 is 1.04 bits per heavy atom. The molecule has 5 heterocycles. The highest BCUT2D eigenvalue weighted by Crippen LogP contribution is 2.81. The maximum atomic E-state index is 13.9. The van der Waals surface area contributed by atoms with Gasteiger partial charge in [0.25, 0.3) is 5.79 Å². The van der Waals surface area contributed by atoms with E-state index in [9.17, 15) is 19.5 Å². The van der Waals surface area contributed by atoms with Gasteiger partial charge >= 0.3 is 17.9 Å². The van der Waals surface area contributed by atoms with Gasteiger partial charge in [-0.2, -0.15) is 0 Å². The van der Waals surface area contributed by atoms with Crippen LogP contribution in [0.2, 0.25) is 0 Å². The molecule has 4 saturated heterocycles. The first-order chi connectivity index (χ1) is 21.2. The van der Waals surface area contributed by atoms with Crippen LogP contribution in [0.25, 0.3) is 0 Å². The molecule has 248 valence electrons. The van der Waals surface area contributed by atoms with Crippen molar-refractivity contribution in [1.29, 1.82) is 0 Å². The summed E-state index contributed by atoms with van der Waals surface area (Å²) in [5, 5.41) is 13.5. The lowest BCUT2D eigenvalue weighted by atomic mass is 9.38. The third-order valence-corrected chi connectivity index (χ3v) is 13.5. The minimum Gasteiger partial charge on any atom is -0.468 e. The summed E-state index contributed by atoms with van der Waals surface area (Å²) in [5.74, 6) is -5.21. The van der Waals surface area contributed by atoms with Gasteiger partial charge < -0.3 is 47.7 Å². The Bertz CT molecular complexity index is 1400. The van der Waals surface area contributed by atoms with Crippen molar-refractivity contribution in [2.24, 2.45) is 34.0 Å². The zero-order valence-electron chi connectivity index (χ0n) is 26.7. The van der Waals surface area contributed by atoms with Gasteiger partial charge in [0.15, 0.2) is 0 Å². The summed E-state index contributed by atoms with van der Waals surface area (Å²) in [6.07, 6.45) is 0.820. The molecule has 3 saturated carbocycles. The second kappa shape index (κ2) is 8.78. The van der Waals surface area contributed by atoms with Gasteiger partial charge in [0.2, 0.25) is 11.9 Å². The molecule has 13 heteroatoms. The topological polar surface area (TPSA) is 155 Å². The summed E-state index contributed by atoms with van der Waals surface area (Å²) in [6.45, 7) is 8.94. The summed E-state index contributed by atoms with van der Waals surface area (Å²) in [4.78, 5) is 38.7. The van der Waals surface area contributed by atoms with Gasteiger partial charge in [0, 0.05) is 61.0 Å². The van der Waals surface area contributed by atoms with Crippen LogP contribution in [0.3, 0.4) is 0 Å². The van der Waals surface area contributed by atoms with Gasteiger partial charge in [-0.05, 0) is 26.2 Å². The first-order valence-electron chi connectivity index (χ1n) is 15.8. The molecule has 1 N–H and O–H groups in total. The quantitative estimate of drug-likeness (QED) is 0.350. The van der Waals surface area contributed by atoms with Gasteiger partial charge in [-0.25, -0.2) is 4.79 Å². The Labute approximate surface area is 261 Å². The average Bonchev–Trinajstić information content (AvgIpc) is 3.74. The summed E-state index contributed by atoms with van der Waals surface area (Å²) in [5.41, 5.74) is -7.21. The first kappa shape index (κ1) is 30.1. The molecular formula is C32H42O13. The number of ether oxygens (including phenoxy) is 9. The summed E-state index contributed by atoms with van der Waals surface area (Å²) < 4.78 is 56.2. The highest BCUT2D eigenvalue weighted by molar-refractivity contribution is 5.79. The van der Waals surface area contributed by atoms with Crippen molar-refractivity contribution in [3.8, 4) is 0 Å². The lowest BCUT2D eigenvalue weighted by Crippen LogP contribution is -2.75. The van der Waals surface area contributed by atoms with Crippen LogP contribution in [0.15, 0.2) is 12.3 Å². The van der Waals surface area contributed by atoms with Crippen LogP contribution >= 0.6 is 0 Å². The van der Waals surface area contributed by atoms with Crippen LogP contribution in [0, 0.1) is 34.0 Å². The van der Waals surface area contributed by atoms with Crippen LogP contribution in [-0.4, -0.2) is 104 Å². The molecule has 15 atom stereocenters. The number of esters is 3. The molecule has 0 unspecified atom stereocenters. The third kappa shape index (κ3) is 2.97. The molecule has 5 aliphatic heterocycles. The molecule has 45 heavy (non-hydrogen) atoms. The Morgan fingerprint density at radius 2 is 1.80 bits per heavy atom. The van der Waals surface area contributed by atoms with E-state index in [1.807, 2.05) is 13.8 Å².